The summed E-state index contributed by atoms with van der Waals surface area (Å²) in [6, 6.07) is -0.174. The molecule has 0 aromatic rings. The van der Waals surface area contributed by atoms with E-state index in [-0.39, 0.29) is 35.7 Å². The zero-order valence-electron chi connectivity index (χ0n) is 12.9. The van der Waals surface area contributed by atoms with Crippen molar-refractivity contribution in [3.8, 4) is 0 Å². The molecule has 2 N–H and O–H groups in total. The number of hydrogen-bond donors (Lipinski definition) is 2. The van der Waals surface area contributed by atoms with E-state index in [4.69, 9.17) is 0 Å². The van der Waals surface area contributed by atoms with Crippen molar-refractivity contribution in [1.29, 1.82) is 0 Å². The number of carbonyl (C=O) groups is 3. The molecule has 2 aliphatic rings. The predicted octanol–water partition coefficient (Wildman–Crippen LogP) is 0.418. The van der Waals surface area contributed by atoms with Crippen LogP contribution in [-0.4, -0.2) is 48.3 Å². The molecular formula is C15H25N3O3. The van der Waals surface area contributed by atoms with Gasteiger partial charge in [0.2, 0.25) is 17.7 Å². The number of nitrogens with zero attached hydrogens (tertiary/aromatic N) is 1. The number of likely N-dealkylation sites (tertiary alicyclic amines) is 1. The fourth-order valence-corrected chi connectivity index (χ4v) is 3.42. The maximum Gasteiger partial charge on any atom is 0.243 e. The SMILES string of the molecule is CNC(=O)C1CCC(NC(=O)[C@@H]2CCCN2C(C)=O)CC1. The molecule has 1 aliphatic heterocycles. The number of nitrogens with one attached hydrogen (secondary N) is 2. The van der Waals surface area contributed by atoms with Crippen LogP contribution in [0.2, 0.25) is 0 Å². The summed E-state index contributed by atoms with van der Waals surface area (Å²) in [5.41, 5.74) is 0. The third-order valence-corrected chi connectivity index (χ3v) is 4.65. The van der Waals surface area contributed by atoms with E-state index in [9.17, 15) is 14.4 Å². The van der Waals surface area contributed by atoms with Gasteiger partial charge in [-0.1, -0.05) is 0 Å². The van der Waals surface area contributed by atoms with Gasteiger partial charge in [0.25, 0.3) is 0 Å². The van der Waals surface area contributed by atoms with Crippen LogP contribution in [0, 0.1) is 5.92 Å². The Hall–Kier alpha value is -1.59. The van der Waals surface area contributed by atoms with Gasteiger partial charge >= 0.3 is 0 Å². The molecule has 1 heterocycles. The molecule has 1 saturated carbocycles. The smallest absolute Gasteiger partial charge is 0.243 e. The van der Waals surface area contributed by atoms with Crippen LogP contribution in [0.25, 0.3) is 0 Å². The van der Waals surface area contributed by atoms with Crippen LogP contribution in [0.15, 0.2) is 0 Å². The van der Waals surface area contributed by atoms with Gasteiger partial charge in [0, 0.05) is 32.5 Å². The first-order chi connectivity index (χ1) is 10.0. The first kappa shape index (κ1) is 15.8. The normalized spacial score (nSPS) is 29.0. The van der Waals surface area contributed by atoms with Crippen molar-refractivity contribution in [1.82, 2.24) is 15.5 Å². The van der Waals surface area contributed by atoms with E-state index >= 15 is 0 Å². The molecule has 118 valence electrons. The molecule has 0 unspecified atom stereocenters. The Morgan fingerprint density at radius 1 is 1.00 bits per heavy atom. The summed E-state index contributed by atoms with van der Waals surface area (Å²) in [5, 5.41) is 5.74. The Morgan fingerprint density at radius 2 is 1.67 bits per heavy atom. The second kappa shape index (κ2) is 6.91. The molecule has 6 nitrogen and oxygen atoms in total. The van der Waals surface area contributed by atoms with Crippen molar-refractivity contribution in [2.45, 2.75) is 57.5 Å². The van der Waals surface area contributed by atoms with Crippen LogP contribution in [0.1, 0.15) is 45.4 Å². The fourth-order valence-electron chi connectivity index (χ4n) is 3.42. The molecule has 6 heteroatoms. The van der Waals surface area contributed by atoms with Gasteiger partial charge in [-0.25, -0.2) is 0 Å². The van der Waals surface area contributed by atoms with Crippen LogP contribution < -0.4 is 10.6 Å². The maximum absolute atomic E-state index is 12.3. The topological polar surface area (TPSA) is 78.5 Å². The highest BCUT2D eigenvalue weighted by atomic mass is 16.2. The number of carbonyl (C=O) groups excluding carboxylic acids is 3. The summed E-state index contributed by atoms with van der Waals surface area (Å²) < 4.78 is 0. The van der Waals surface area contributed by atoms with Gasteiger partial charge in [-0.2, -0.15) is 0 Å². The van der Waals surface area contributed by atoms with E-state index in [1.807, 2.05) is 0 Å². The molecule has 2 fully saturated rings. The standard InChI is InChI=1S/C15H25N3O3/c1-10(19)18-9-3-4-13(18)15(21)17-12-7-5-11(6-8-12)14(20)16-2/h11-13H,3-9H2,1-2H3,(H,16,20)(H,17,21)/t11?,12?,13-/m0/s1. The van der Waals surface area contributed by atoms with E-state index in [1.54, 1.807) is 11.9 Å². The van der Waals surface area contributed by atoms with Crippen LogP contribution in [0.5, 0.6) is 0 Å². The van der Waals surface area contributed by atoms with Crippen LogP contribution >= 0.6 is 0 Å². The van der Waals surface area contributed by atoms with Crippen molar-refractivity contribution in [3.05, 3.63) is 0 Å². The summed E-state index contributed by atoms with van der Waals surface area (Å²) >= 11 is 0. The predicted molar refractivity (Wildman–Crippen MR) is 78.4 cm³/mol. The van der Waals surface area contributed by atoms with Crippen molar-refractivity contribution in [2.24, 2.45) is 5.92 Å². The van der Waals surface area contributed by atoms with Crippen molar-refractivity contribution < 1.29 is 14.4 Å². The molecule has 1 saturated heterocycles. The molecule has 1 atom stereocenters. The zero-order valence-corrected chi connectivity index (χ0v) is 12.9. The Morgan fingerprint density at radius 3 is 2.24 bits per heavy atom. The molecule has 21 heavy (non-hydrogen) atoms. The number of amides is 3. The third-order valence-electron chi connectivity index (χ3n) is 4.65. The first-order valence-electron chi connectivity index (χ1n) is 7.82. The molecular weight excluding hydrogens is 270 g/mol. The van der Waals surface area contributed by atoms with E-state index < -0.39 is 0 Å². The van der Waals surface area contributed by atoms with Gasteiger partial charge in [0.1, 0.15) is 6.04 Å². The minimum absolute atomic E-state index is 0.0315. The molecule has 2 rings (SSSR count). The summed E-state index contributed by atoms with van der Waals surface area (Å²) in [7, 11) is 1.66. The highest BCUT2D eigenvalue weighted by Gasteiger charge is 2.34. The average molecular weight is 295 g/mol. The lowest BCUT2D eigenvalue weighted by Crippen LogP contribution is -2.49. The molecule has 0 aromatic carbocycles. The summed E-state index contributed by atoms with van der Waals surface area (Å²) in [6.07, 6.45) is 4.92. The van der Waals surface area contributed by atoms with Crippen LogP contribution in [0.3, 0.4) is 0 Å². The number of rotatable bonds is 3. The highest BCUT2D eigenvalue weighted by molar-refractivity contribution is 5.87. The van der Waals surface area contributed by atoms with E-state index in [1.165, 1.54) is 6.92 Å². The molecule has 0 radical (unpaired) electrons. The Labute approximate surface area is 125 Å². The van der Waals surface area contributed by atoms with Gasteiger partial charge in [0.05, 0.1) is 0 Å². The van der Waals surface area contributed by atoms with Crippen molar-refractivity contribution >= 4 is 17.7 Å². The molecule has 0 bridgehead atoms. The van der Waals surface area contributed by atoms with Crippen molar-refractivity contribution in [2.75, 3.05) is 13.6 Å². The average Bonchev–Trinajstić information content (AvgIpc) is 2.97. The molecule has 1 aliphatic carbocycles. The quantitative estimate of drug-likeness (QED) is 0.792. The first-order valence-corrected chi connectivity index (χ1v) is 7.82. The van der Waals surface area contributed by atoms with Gasteiger partial charge in [-0.3, -0.25) is 14.4 Å². The lowest BCUT2D eigenvalue weighted by molar-refractivity contribution is -0.137. The van der Waals surface area contributed by atoms with Crippen molar-refractivity contribution in [3.63, 3.8) is 0 Å². The summed E-state index contributed by atoms with van der Waals surface area (Å²) in [6.45, 7) is 2.19. The van der Waals surface area contributed by atoms with Gasteiger partial charge < -0.3 is 15.5 Å². The molecule has 0 aromatic heterocycles. The van der Waals surface area contributed by atoms with E-state index in [0.29, 0.717) is 6.54 Å². The highest BCUT2D eigenvalue weighted by Crippen LogP contribution is 2.25. The van der Waals surface area contributed by atoms with Gasteiger partial charge in [0.15, 0.2) is 0 Å². The van der Waals surface area contributed by atoms with Crippen LogP contribution in [0.4, 0.5) is 0 Å². The maximum atomic E-state index is 12.3. The largest absolute Gasteiger partial charge is 0.359 e. The third kappa shape index (κ3) is 3.74. The lowest BCUT2D eigenvalue weighted by Gasteiger charge is -2.30. The van der Waals surface area contributed by atoms with Gasteiger partial charge in [-0.15, -0.1) is 0 Å². The molecule has 0 spiro atoms. The Kier molecular flexibility index (Phi) is 5.20. The second-order valence-electron chi connectivity index (χ2n) is 6.04. The molecule has 3 amide bonds. The van der Waals surface area contributed by atoms with Gasteiger partial charge in [-0.05, 0) is 38.5 Å². The minimum Gasteiger partial charge on any atom is -0.359 e. The second-order valence-corrected chi connectivity index (χ2v) is 6.04. The fraction of sp³-hybridized carbons (Fsp3) is 0.800. The summed E-state index contributed by atoms with van der Waals surface area (Å²) in [4.78, 5) is 37.1. The summed E-state index contributed by atoms with van der Waals surface area (Å²) in [5.74, 6) is 0.101. The monoisotopic (exact) mass is 295 g/mol. The zero-order chi connectivity index (χ0) is 15.4. The van der Waals surface area contributed by atoms with Crippen LogP contribution in [-0.2, 0) is 14.4 Å². The minimum atomic E-state index is -0.306. The van der Waals surface area contributed by atoms with E-state index in [2.05, 4.69) is 10.6 Å². The van der Waals surface area contributed by atoms with E-state index in [0.717, 1.165) is 38.5 Å². The number of hydrogen-bond acceptors (Lipinski definition) is 3. The Balaban J connectivity index is 1.82. The lowest BCUT2D eigenvalue weighted by atomic mass is 9.85. The Bertz CT molecular complexity index is 416.